The third-order valence-electron chi connectivity index (χ3n) is 7.22. The molecule has 4 aromatic carbocycles. The second kappa shape index (κ2) is 14.8. The molecule has 0 unspecified atom stereocenters. The molecule has 0 radical (unpaired) electrons. The molecule has 0 aromatic heterocycles. The molecule has 1 fully saturated rings. The summed E-state index contributed by atoms with van der Waals surface area (Å²) in [4.78, 5) is 42.8. The molecule has 0 heterocycles. The van der Waals surface area contributed by atoms with Crippen LogP contribution in [0.5, 0.6) is 0 Å². The molecule has 1 aliphatic carbocycles. The fourth-order valence-electron chi connectivity index (χ4n) is 5.01. The fourth-order valence-corrected chi connectivity index (χ4v) is 5.01. The van der Waals surface area contributed by atoms with Crippen molar-refractivity contribution in [2.75, 3.05) is 0 Å². The Labute approximate surface area is 258 Å². The summed E-state index contributed by atoms with van der Waals surface area (Å²) in [6, 6.07) is 31.6. The Morgan fingerprint density at radius 1 is 0.600 bits per heavy atom. The first-order valence-electron chi connectivity index (χ1n) is 14.1. The maximum absolute atomic E-state index is 13.4. The predicted molar refractivity (Wildman–Crippen MR) is 161 cm³/mol. The predicted octanol–water partition coefficient (Wildman–Crippen LogP) is 5.30. The molecule has 228 valence electrons. The lowest BCUT2D eigenvalue weighted by molar-refractivity contribution is -0.206. The molecule has 0 spiro atoms. The van der Waals surface area contributed by atoms with Crippen molar-refractivity contribution in [2.45, 2.75) is 43.2 Å². The van der Waals surface area contributed by atoms with Crippen molar-refractivity contribution < 1.29 is 38.4 Å². The van der Waals surface area contributed by atoms with Crippen LogP contribution in [0, 0.1) is 0 Å². The van der Waals surface area contributed by atoms with E-state index in [2.05, 4.69) is 10.0 Å². The molecular weight excluding hydrogens is 578 g/mol. The molecular formula is C34H29N3O8. The molecule has 0 amide bonds. The normalized spacial score (nSPS) is 22.3. The minimum Gasteiger partial charge on any atom is -0.454 e. The SMILES string of the molecule is [N-]=[N+]=N[C@H]1[C@@H](O)[C@@H](OC(=O)c2ccccc2)[C@H](OCc2ccccc2)[C@@H](OC(=O)c2ccccc2)[C@@H]1OC(=O)c1ccccc1. The van der Waals surface area contributed by atoms with Crippen LogP contribution in [0.1, 0.15) is 36.6 Å². The lowest BCUT2D eigenvalue weighted by atomic mass is 9.82. The van der Waals surface area contributed by atoms with E-state index in [1.165, 1.54) is 36.4 Å². The van der Waals surface area contributed by atoms with E-state index < -0.39 is 54.5 Å². The lowest BCUT2D eigenvalue weighted by Gasteiger charge is -2.46. The van der Waals surface area contributed by atoms with Gasteiger partial charge in [0.15, 0.2) is 18.3 Å². The second-order valence-electron chi connectivity index (χ2n) is 10.2. The van der Waals surface area contributed by atoms with E-state index in [1.54, 1.807) is 78.9 Å². The average Bonchev–Trinajstić information content (AvgIpc) is 3.09. The van der Waals surface area contributed by atoms with Gasteiger partial charge in [0.25, 0.3) is 0 Å². The Hall–Kier alpha value is -5.48. The highest BCUT2D eigenvalue weighted by molar-refractivity contribution is 5.91. The number of azide groups is 1. The Balaban J connectivity index is 1.57. The third-order valence-corrected chi connectivity index (χ3v) is 7.22. The van der Waals surface area contributed by atoms with Crippen LogP contribution in [-0.4, -0.2) is 59.6 Å². The van der Waals surface area contributed by atoms with E-state index in [1.807, 2.05) is 6.07 Å². The minimum atomic E-state index is -1.73. The van der Waals surface area contributed by atoms with Gasteiger partial charge in [-0.2, -0.15) is 0 Å². The van der Waals surface area contributed by atoms with Gasteiger partial charge in [-0.05, 0) is 47.5 Å². The highest BCUT2D eigenvalue weighted by Crippen LogP contribution is 2.34. The summed E-state index contributed by atoms with van der Waals surface area (Å²) in [7, 11) is 0. The minimum absolute atomic E-state index is 0.0530. The van der Waals surface area contributed by atoms with E-state index in [0.717, 1.165) is 5.56 Å². The molecule has 5 rings (SSSR count). The summed E-state index contributed by atoms with van der Waals surface area (Å²) in [5.41, 5.74) is 10.7. The molecule has 1 aliphatic rings. The van der Waals surface area contributed by atoms with Crippen molar-refractivity contribution in [1.82, 2.24) is 0 Å². The van der Waals surface area contributed by atoms with E-state index in [0.29, 0.717) is 0 Å². The molecule has 1 saturated carbocycles. The Morgan fingerprint density at radius 3 is 1.44 bits per heavy atom. The molecule has 1 N–H and O–H groups in total. The van der Waals surface area contributed by atoms with E-state index >= 15 is 0 Å². The van der Waals surface area contributed by atoms with Crippen LogP contribution in [0.25, 0.3) is 10.4 Å². The molecule has 0 bridgehead atoms. The summed E-state index contributed by atoms with van der Waals surface area (Å²) in [6.45, 7) is -0.0530. The van der Waals surface area contributed by atoms with Gasteiger partial charge in [0.05, 0.1) is 23.3 Å². The van der Waals surface area contributed by atoms with Gasteiger partial charge < -0.3 is 24.1 Å². The third kappa shape index (κ3) is 7.54. The van der Waals surface area contributed by atoms with Crippen LogP contribution in [0.2, 0.25) is 0 Å². The maximum Gasteiger partial charge on any atom is 0.338 e. The van der Waals surface area contributed by atoms with Gasteiger partial charge in [-0.1, -0.05) is 90.0 Å². The molecule has 0 aliphatic heterocycles. The van der Waals surface area contributed by atoms with Crippen LogP contribution in [0.3, 0.4) is 0 Å². The van der Waals surface area contributed by atoms with Crippen molar-refractivity contribution in [3.63, 3.8) is 0 Å². The topological polar surface area (TPSA) is 157 Å². The largest absolute Gasteiger partial charge is 0.454 e. The monoisotopic (exact) mass is 607 g/mol. The Bertz CT molecular complexity index is 1630. The van der Waals surface area contributed by atoms with E-state index in [9.17, 15) is 25.0 Å². The number of benzene rings is 4. The Kier molecular flexibility index (Phi) is 10.2. The average molecular weight is 608 g/mol. The Morgan fingerprint density at radius 2 is 1.00 bits per heavy atom. The highest BCUT2D eigenvalue weighted by Gasteiger charge is 2.56. The van der Waals surface area contributed by atoms with Gasteiger partial charge in [0, 0.05) is 4.91 Å². The smallest absolute Gasteiger partial charge is 0.338 e. The summed E-state index contributed by atoms with van der Waals surface area (Å²) in [5.74, 6) is -2.44. The first-order valence-corrected chi connectivity index (χ1v) is 14.1. The van der Waals surface area contributed by atoms with Gasteiger partial charge in [-0.25, -0.2) is 14.4 Å². The molecule has 11 heteroatoms. The second-order valence-corrected chi connectivity index (χ2v) is 10.2. The van der Waals surface area contributed by atoms with Gasteiger partial charge in [-0.15, -0.1) is 0 Å². The summed E-state index contributed by atoms with van der Waals surface area (Å²) in [5, 5.41) is 15.3. The van der Waals surface area contributed by atoms with E-state index in [4.69, 9.17) is 18.9 Å². The zero-order chi connectivity index (χ0) is 31.6. The van der Waals surface area contributed by atoms with E-state index in [-0.39, 0.29) is 23.3 Å². The van der Waals surface area contributed by atoms with Crippen molar-refractivity contribution in [2.24, 2.45) is 5.11 Å². The van der Waals surface area contributed by atoms with Crippen LogP contribution in [0.4, 0.5) is 0 Å². The van der Waals surface area contributed by atoms with Crippen molar-refractivity contribution >= 4 is 17.9 Å². The zero-order valence-electron chi connectivity index (χ0n) is 23.9. The first-order chi connectivity index (χ1) is 22.0. The van der Waals surface area contributed by atoms with Gasteiger partial charge in [-0.3, -0.25) is 0 Å². The number of esters is 3. The van der Waals surface area contributed by atoms with Crippen molar-refractivity contribution in [3.05, 3.63) is 154 Å². The number of hydrogen-bond donors (Lipinski definition) is 1. The van der Waals surface area contributed by atoms with Crippen molar-refractivity contribution in [3.8, 4) is 0 Å². The van der Waals surface area contributed by atoms with Crippen LogP contribution in [-0.2, 0) is 25.6 Å². The molecule has 4 aromatic rings. The molecule has 6 atom stereocenters. The number of aliphatic hydroxyl groups excluding tert-OH is 1. The molecule has 0 saturated heterocycles. The summed E-state index contributed by atoms with van der Waals surface area (Å²) in [6.07, 6.45) is -7.66. The molecule has 45 heavy (non-hydrogen) atoms. The van der Waals surface area contributed by atoms with Crippen LogP contribution in [0.15, 0.2) is 126 Å². The van der Waals surface area contributed by atoms with Crippen molar-refractivity contribution in [1.29, 1.82) is 0 Å². The lowest BCUT2D eigenvalue weighted by Crippen LogP contribution is -2.66. The van der Waals surface area contributed by atoms with Gasteiger partial charge in [0.2, 0.25) is 0 Å². The van der Waals surface area contributed by atoms with Gasteiger partial charge in [0.1, 0.15) is 18.2 Å². The number of carbonyl (C=O) groups excluding carboxylic acids is 3. The number of aliphatic hydroxyl groups is 1. The number of nitrogens with zero attached hydrogens (tertiary/aromatic N) is 3. The number of rotatable bonds is 10. The zero-order valence-corrected chi connectivity index (χ0v) is 23.9. The van der Waals surface area contributed by atoms with Crippen LogP contribution >= 0.6 is 0 Å². The summed E-state index contributed by atoms with van der Waals surface area (Å²) < 4.78 is 23.8. The van der Waals surface area contributed by atoms with Gasteiger partial charge >= 0.3 is 17.9 Å². The molecule has 11 nitrogen and oxygen atoms in total. The number of carbonyl (C=O) groups is 3. The standard InChI is InChI=1S/C34H29N3O8/c35-37-36-26-27(38)29(44-33(40)24-17-9-3-10-18-24)30(42-21-22-13-5-1-6-14-22)31(45-34(41)25-19-11-4-12-20-25)28(26)43-32(39)23-15-7-2-8-16-23/h1-20,26-31,38H,21H2/t26-,27+,28+,29+,30-,31-/m0/s1. The first kappa shape index (κ1) is 31.0. The maximum atomic E-state index is 13.4. The fraction of sp³-hybridized carbons (Fsp3) is 0.206. The summed E-state index contributed by atoms with van der Waals surface area (Å²) >= 11 is 0. The highest BCUT2D eigenvalue weighted by atomic mass is 16.6. The van der Waals surface area contributed by atoms with Crippen LogP contribution < -0.4 is 0 Å². The number of ether oxygens (including phenoxy) is 4. The number of hydrogen-bond acceptors (Lipinski definition) is 9. The quantitative estimate of drug-likeness (QED) is 0.0836.